The van der Waals surface area contributed by atoms with Crippen LogP contribution in [-0.4, -0.2) is 34.6 Å². The van der Waals surface area contributed by atoms with Gasteiger partial charge in [-0.05, 0) is 31.3 Å². The van der Waals surface area contributed by atoms with Crippen LogP contribution in [0, 0.1) is 11.8 Å². The number of carbonyl (C=O) groups is 1. The molecule has 0 heterocycles. The zero-order valence-electron chi connectivity index (χ0n) is 11.0. The third-order valence-corrected chi connectivity index (χ3v) is 4.52. The van der Waals surface area contributed by atoms with Gasteiger partial charge in [0.1, 0.15) is 5.54 Å². The monoisotopic (exact) mass is 227 g/mol. The summed E-state index contributed by atoms with van der Waals surface area (Å²) in [5.74, 6) is 0.111. The molecular formula is C13H25NO2. The summed E-state index contributed by atoms with van der Waals surface area (Å²) in [5.41, 5.74) is -0.624. The van der Waals surface area contributed by atoms with Crippen molar-refractivity contribution in [2.24, 2.45) is 11.8 Å². The minimum atomic E-state index is -0.629. The topological polar surface area (TPSA) is 40.5 Å². The molecule has 0 spiro atoms. The van der Waals surface area contributed by atoms with Crippen LogP contribution >= 0.6 is 0 Å². The lowest BCUT2D eigenvalue weighted by atomic mass is 9.67. The van der Waals surface area contributed by atoms with Gasteiger partial charge in [0.05, 0.1) is 0 Å². The second-order valence-electron chi connectivity index (χ2n) is 5.06. The van der Waals surface area contributed by atoms with Gasteiger partial charge in [0.15, 0.2) is 0 Å². The molecule has 1 aliphatic rings. The molecule has 0 saturated heterocycles. The van der Waals surface area contributed by atoms with Gasteiger partial charge in [-0.25, -0.2) is 0 Å². The van der Waals surface area contributed by atoms with Gasteiger partial charge in [-0.2, -0.15) is 0 Å². The Morgan fingerprint density at radius 2 is 1.94 bits per heavy atom. The summed E-state index contributed by atoms with van der Waals surface area (Å²) in [6.07, 6.45) is 3.00. The third-order valence-electron chi connectivity index (χ3n) is 4.52. The predicted octanol–water partition coefficient (Wildman–Crippen LogP) is 2.61. The van der Waals surface area contributed by atoms with Crippen molar-refractivity contribution in [3.05, 3.63) is 0 Å². The first-order valence-electron chi connectivity index (χ1n) is 6.49. The summed E-state index contributed by atoms with van der Waals surface area (Å²) in [6.45, 7) is 10.0. The second-order valence-corrected chi connectivity index (χ2v) is 5.06. The number of hydrogen-bond donors (Lipinski definition) is 1. The molecule has 1 saturated carbocycles. The predicted molar refractivity (Wildman–Crippen MR) is 65.5 cm³/mol. The van der Waals surface area contributed by atoms with Gasteiger partial charge >= 0.3 is 5.97 Å². The molecule has 1 fully saturated rings. The molecule has 3 nitrogen and oxygen atoms in total. The van der Waals surface area contributed by atoms with Crippen LogP contribution in [0.3, 0.4) is 0 Å². The summed E-state index contributed by atoms with van der Waals surface area (Å²) >= 11 is 0. The molecule has 3 heteroatoms. The molecule has 1 aliphatic carbocycles. The summed E-state index contributed by atoms with van der Waals surface area (Å²) in [6, 6.07) is 0. The third kappa shape index (κ3) is 1.97. The Kier molecular flexibility index (Phi) is 4.36. The van der Waals surface area contributed by atoms with Crippen LogP contribution in [0.1, 0.15) is 47.0 Å². The van der Waals surface area contributed by atoms with E-state index in [9.17, 15) is 9.90 Å². The molecule has 16 heavy (non-hydrogen) atoms. The Bertz CT molecular complexity index is 246. The van der Waals surface area contributed by atoms with E-state index in [4.69, 9.17) is 0 Å². The zero-order valence-corrected chi connectivity index (χ0v) is 11.0. The first kappa shape index (κ1) is 13.5. The highest BCUT2D eigenvalue weighted by Crippen LogP contribution is 2.41. The Balaban J connectivity index is 3.07. The maximum Gasteiger partial charge on any atom is 0.324 e. The Hall–Kier alpha value is -0.570. The Morgan fingerprint density at radius 3 is 2.38 bits per heavy atom. The summed E-state index contributed by atoms with van der Waals surface area (Å²) < 4.78 is 0. The largest absolute Gasteiger partial charge is 0.480 e. The molecular weight excluding hydrogens is 202 g/mol. The number of carboxylic acids is 1. The van der Waals surface area contributed by atoms with Crippen molar-refractivity contribution in [2.45, 2.75) is 52.5 Å². The minimum absolute atomic E-state index is 0.235. The van der Waals surface area contributed by atoms with Crippen molar-refractivity contribution < 1.29 is 9.90 Å². The zero-order chi connectivity index (χ0) is 12.3. The van der Waals surface area contributed by atoms with E-state index in [0.717, 1.165) is 32.4 Å². The van der Waals surface area contributed by atoms with Crippen molar-refractivity contribution in [2.75, 3.05) is 13.1 Å². The average Bonchev–Trinajstić information content (AvgIpc) is 2.25. The molecule has 1 N–H and O–H groups in total. The van der Waals surface area contributed by atoms with Crippen LogP contribution in [0.2, 0.25) is 0 Å². The van der Waals surface area contributed by atoms with Crippen molar-refractivity contribution in [3.8, 4) is 0 Å². The van der Waals surface area contributed by atoms with Gasteiger partial charge in [0.2, 0.25) is 0 Å². The summed E-state index contributed by atoms with van der Waals surface area (Å²) in [7, 11) is 0. The van der Waals surface area contributed by atoms with E-state index in [-0.39, 0.29) is 5.92 Å². The van der Waals surface area contributed by atoms with Crippen molar-refractivity contribution in [1.29, 1.82) is 0 Å². The quantitative estimate of drug-likeness (QED) is 0.802. The van der Waals surface area contributed by atoms with Gasteiger partial charge in [-0.3, -0.25) is 9.69 Å². The molecule has 0 aliphatic heterocycles. The van der Waals surface area contributed by atoms with Crippen LogP contribution in [0.4, 0.5) is 0 Å². The van der Waals surface area contributed by atoms with Gasteiger partial charge in [-0.15, -0.1) is 0 Å². The average molecular weight is 227 g/mol. The van der Waals surface area contributed by atoms with Crippen LogP contribution < -0.4 is 0 Å². The Labute approximate surface area is 98.8 Å². The maximum atomic E-state index is 11.7. The van der Waals surface area contributed by atoms with E-state index in [1.807, 2.05) is 0 Å². The van der Waals surface area contributed by atoms with Gasteiger partial charge in [0, 0.05) is 0 Å². The van der Waals surface area contributed by atoms with E-state index < -0.39 is 11.5 Å². The van der Waals surface area contributed by atoms with E-state index in [0.29, 0.717) is 5.92 Å². The maximum absolute atomic E-state index is 11.7. The first-order chi connectivity index (χ1) is 7.50. The van der Waals surface area contributed by atoms with Crippen LogP contribution in [0.25, 0.3) is 0 Å². The van der Waals surface area contributed by atoms with Crippen LogP contribution in [0.5, 0.6) is 0 Å². The number of nitrogens with zero attached hydrogens (tertiary/aromatic N) is 1. The fraction of sp³-hybridized carbons (Fsp3) is 0.923. The highest BCUT2D eigenvalue weighted by molar-refractivity contribution is 5.79. The molecule has 0 aromatic heterocycles. The highest BCUT2D eigenvalue weighted by Gasteiger charge is 2.50. The number of carboxylic acid groups (broad SMARTS) is 1. The summed E-state index contributed by atoms with van der Waals surface area (Å²) in [4.78, 5) is 13.9. The van der Waals surface area contributed by atoms with Crippen molar-refractivity contribution >= 4 is 5.97 Å². The van der Waals surface area contributed by atoms with Crippen molar-refractivity contribution in [3.63, 3.8) is 0 Å². The fourth-order valence-corrected chi connectivity index (χ4v) is 3.31. The number of rotatable bonds is 4. The molecule has 3 atom stereocenters. The first-order valence-corrected chi connectivity index (χ1v) is 6.49. The van der Waals surface area contributed by atoms with Crippen LogP contribution in [-0.2, 0) is 4.79 Å². The highest BCUT2D eigenvalue weighted by atomic mass is 16.4. The molecule has 0 bridgehead atoms. The van der Waals surface area contributed by atoms with E-state index >= 15 is 0 Å². The lowest BCUT2D eigenvalue weighted by Gasteiger charge is -2.49. The minimum Gasteiger partial charge on any atom is -0.480 e. The van der Waals surface area contributed by atoms with Crippen molar-refractivity contribution in [1.82, 2.24) is 4.90 Å². The molecule has 0 radical (unpaired) electrons. The van der Waals surface area contributed by atoms with Gasteiger partial charge in [0.25, 0.3) is 0 Å². The lowest BCUT2D eigenvalue weighted by molar-refractivity contribution is -0.160. The standard InChI is InChI=1S/C13H25NO2/c1-5-14(6-2)13(12(15)16)9-7-8-10(3)11(13)4/h10-11H,5-9H2,1-4H3,(H,15,16). The fourth-order valence-electron chi connectivity index (χ4n) is 3.31. The molecule has 0 amide bonds. The number of hydrogen-bond acceptors (Lipinski definition) is 2. The van der Waals surface area contributed by atoms with E-state index in [2.05, 4.69) is 32.6 Å². The number of aliphatic carboxylic acids is 1. The Morgan fingerprint density at radius 1 is 1.38 bits per heavy atom. The van der Waals surface area contributed by atoms with E-state index in [1.54, 1.807) is 0 Å². The smallest absolute Gasteiger partial charge is 0.324 e. The molecule has 94 valence electrons. The normalized spacial score (nSPS) is 35.3. The van der Waals surface area contributed by atoms with E-state index in [1.165, 1.54) is 0 Å². The summed E-state index contributed by atoms with van der Waals surface area (Å²) in [5, 5.41) is 9.67. The number of likely N-dealkylation sites (N-methyl/N-ethyl adjacent to an activating group) is 1. The molecule has 0 aromatic rings. The van der Waals surface area contributed by atoms with Gasteiger partial charge in [-0.1, -0.05) is 40.5 Å². The molecule has 3 unspecified atom stereocenters. The molecule has 0 aromatic carbocycles. The molecule has 1 rings (SSSR count). The lowest BCUT2D eigenvalue weighted by Crippen LogP contribution is -2.61. The SMILES string of the molecule is CCN(CC)C1(C(=O)O)CCCC(C)C1C. The van der Waals surface area contributed by atoms with Crippen LogP contribution in [0.15, 0.2) is 0 Å². The second kappa shape index (κ2) is 5.17. The van der Waals surface area contributed by atoms with Gasteiger partial charge < -0.3 is 5.11 Å².